The van der Waals surface area contributed by atoms with E-state index in [1.807, 2.05) is 62.4 Å². The number of carbonyl (C=O) groups excluding carboxylic acids is 2. The van der Waals surface area contributed by atoms with Gasteiger partial charge in [0.2, 0.25) is 0 Å². The molecule has 6 heteroatoms. The second kappa shape index (κ2) is 10.5. The van der Waals surface area contributed by atoms with Crippen LogP contribution in [0.1, 0.15) is 41.6 Å². The standard InChI is InChI=1S/C29H29NO5/c1-4-17-35-22-15-13-20(14-16-22)27(31)25-26(23-11-7-5-9-19(23)2)30(29(33)28(25)32)18-21-10-6-8-12-24(21)34-3/h5-16,26,31H,4,17-18H2,1-3H3/b27-25+. The molecule has 0 aromatic heterocycles. The first kappa shape index (κ1) is 24.1. The Balaban J connectivity index is 1.81. The van der Waals surface area contributed by atoms with Gasteiger partial charge < -0.3 is 19.5 Å². The Morgan fingerprint density at radius 2 is 1.66 bits per heavy atom. The van der Waals surface area contributed by atoms with Crippen molar-refractivity contribution in [1.29, 1.82) is 0 Å². The third-order valence-corrected chi connectivity index (χ3v) is 6.16. The van der Waals surface area contributed by atoms with E-state index in [9.17, 15) is 14.7 Å². The molecule has 0 bridgehead atoms. The molecule has 0 radical (unpaired) electrons. The Bertz CT molecular complexity index is 1260. The Labute approximate surface area is 205 Å². The molecule has 3 aromatic carbocycles. The summed E-state index contributed by atoms with van der Waals surface area (Å²) in [4.78, 5) is 28.1. The van der Waals surface area contributed by atoms with Crippen LogP contribution in [0.4, 0.5) is 0 Å². The number of hydrogen-bond acceptors (Lipinski definition) is 5. The molecular formula is C29H29NO5. The molecule has 1 N–H and O–H groups in total. The van der Waals surface area contributed by atoms with Gasteiger partial charge in [0.15, 0.2) is 0 Å². The molecule has 1 atom stereocenters. The first-order chi connectivity index (χ1) is 17.0. The van der Waals surface area contributed by atoms with Gasteiger partial charge in [0.25, 0.3) is 11.7 Å². The third kappa shape index (κ3) is 4.78. The van der Waals surface area contributed by atoms with Crippen molar-refractivity contribution in [2.75, 3.05) is 13.7 Å². The van der Waals surface area contributed by atoms with E-state index in [1.54, 1.807) is 31.4 Å². The zero-order valence-electron chi connectivity index (χ0n) is 20.2. The molecule has 1 amide bonds. The molecule has 3 aromatic rings. The summed E-state index contributed by atoms with van der Waals surface area (Å²) in [7, 11) is 1.57. The van der Waals surface area contributed by atoms with E-state index in [2.05, 4.69) is 0 Å². The molecule has 0 saturated carbocycles. The van der Waals surface area contributed by atoms with Crippen LogP contribution in [-0.2, 0) is 16.1 Å². The van der Waals surface area contributed by atoms with Crippen LogP contribution in [0, 0.1) is 6.92 Å². The molecule has 180 valence electrons. The topological polar surface area (TPSA) is 76.1 Å². The van der Waals surface area contributed by atoms with E-state index < -0.39 is 17.7 Å². The van der Waals surface area contributed by atoms with Crippen LogP contribution < -0.4 is 9.47 Å². The largest absolute Gasteiger partial charge is 0.507 e. The van der Waals surface area contributed by atoms with Crippen molar-refractivity contribution in [3.8, 4) is 11.5 Å². The number of aliphatic hydroxyl groups excluding tert-OH is 1. The van der Waals surface area contributed by atoms with Crippen LogP contribution in [0.15, 0.2) is 78.4 Å². The van der Waals surface area contributed by atoms with E-state index in [1.165, 1.54) is 4.90 Å². The number of hydrogen-bond donors (Lipinski definition) is 1. The summed E-state index contributed by atoms with van der Waals surface area (Å²) in [5.74, 6) is -0.275. The van der Waals surface area contributed by atoms with E-state index in [0.29, 0.717) is 23.7 Å². The quantitative estimate of drug-likeness (QED) is 0.270. The molecule has 1 saturated heterocycles. The van der Waals surface area contributed by atoms with Gasteiger partial charge in [0.05, 0.1) is 31.9 Å². The van der Waals surface area contributed by atoms with Gasteiger partial charge in [-0.2, -0.15) is 0 Å². The zero-order chi connectivity index (χ0) is 24.9. The van der Waals surface area contributed by atoms with Crippen molar-refractivity contribution in [3.05, 3.63) is 101 Å². The van der Waals surface area contributed by atoms with Crippen molar-refractivity contribution in [2.45, 2.75) is 32.9 Å². The summed E-state index contributed by atoms with van der Waals surface area (Å²) in [6.07, 6.45) is 0.883. The average Bonchev–Trinajstić information content (AvgIpc) is 3.12. The molecule has 4 rings (SSSR count). The number of ketones is 1. The van der Waals surface area contributed by atoms with Crippen LogP contribution in [-0.4, -0.2) is 35.4 Å². The van der Waals surface area contributed by atoms with Crippen LogP contribution in [0.5, 0.6) is 11.5 Å². The summed E-state index contributed by atoms with van der Waals surface area (Å²) in [5, 5.41) is 11.3. The summed E-state index contributed by atoms with van der Waals surface area (Å²) >= 11 is 0. The number of methoxy groups -OCH3 is 1. The van der Waals surface area contributed by atoms with Gasteiger partial charge in [-0.25, -0.2) is 0 Å². The van der Waals surface area contributed by atoms with Gasteiger partial charge in [-0.3, -0.25) is 9.59 Å². The maximum atomic E-state index is 13.3. The number of amides is 1. The maximum absolute atomic E-state index is 13.3. The zero-order valence-corrected chi connectivity index (χ0v) is 20.2. The lowest BCUT2D eigenvalue weighted by Crippen LogP contribution is -2.29. The lowest BCUT2D eigenvalue weighted by Gasteiger charge is -2.27. The van der Waals surface area contributed by atoms with Gasteiger partial charge in [-0.15, -0.1) is 0 Å². The highest BCUT2D eigenvalue weighted by molar-refractivity contribution is 6.46. The van der Waals surface area contributed by atoms with E-state index >= 15 is 0 Å². The van der Waals surface area contributed by atoms with E-state index in [0.717, 1.165) is 23.1 Å². The summed E-state index contributed by atoms with van der Waals surface area (Å²) in [6.45, 7) is 4.70. The van der Waals surface area contributed by atoms with Crippen LogP contribution in [0.2, 0.25) is 0 Å². The molecule has 1 heterocycles. The molecule has 0 aliphatic carbocycles. The van der Waals surface area contributed by atoms with Crippen molar-refractivity contribution >= 4 is 17.4 Å². The van der Waals surface area contributed by atoms with Crippen LogP contribution in [0.25, 0.3) is 5.76 Å². The normalized spacial score (nSPS) is 17.0. The smallest absolute Gasteiger partial charge is 0.295 e. The highest BCUT2D eigenvalue weighted by atomic mass is 16.5. The number of Topliss-reactive ketones (excluding diaryl/α,β-unsaturated/α-hetero) is 1. The summed E-state index contributed by atoms with van der Waals surface area (Å²) < 4.78 is 11.1. The van der Waals surface area contributed by atoms with Gasteiger partial charge in [-0.05, 0) is 54.8 Å². The van der Waals surface area contributed by atoms with Crippen LogP contribution >= 0.6 is 0 Å². The van der Waals surface area contributed by atoms with E-state index in [-0.39, 0.29) is 17.9 Å². The molecule has 1 aliphatic rings. The molecular weight excluding hydrogens is 442 g/mol. The molecule has 6 nitrogen and oxygen atoms in total. The minimum Gasteiger partial charge on any atom is -0.507 e. The predicted octanol–water partition coefficient (Wildman–Crippen LogP) is 5.41. The number of aliphatic hydroxyl groups is 1. The summed E-state index contributed by atoms with van der Waals surface area (Å²) in [5.41, 5.74) is 2.99. The van der Waals surface area contributed by atoms with Gasteiger partial charge in [0.1, 0.15) is 17.3 Å². The van der Waals surface area contributed by atoms with Crippen molar-refractivity contribution in [1.82, 2.24) is 4.90 Å². The number of ether oxygens (including phenoxy) is 2. The van der Waals surface area contributed by atoms with E-state index in [4.69, 9.17) is 9.47 Å². The SMILES string of the molecule is CCCOc1ccc(/C(O)=C2\C(=O)C(=O)N(Cc3ccccc3OC)C2c2ccccc2C)cc1. The first-order valence-electron chi connectivity index (χ1n) is 11.6. The predicted molar refractivity (Wildman–Crippen MR) is 134 cm³/mol. The number of rotatable bonds is 8. The Morgan fingerprint density at radius 3 is 2.34 bits per heavy atom. The number of para-hydroxylation sites is 1. The lowest BCUT2D eigenvalue weighted by molar-refractivity contribution is -0.140. The third-order valence-electron chi connectivity index (χ3n) is 6.16. The fourth-order valence-corrected chi connectivity index (χ4v) is 4.36. The van der Waals surface area contributed by atoms with Crippen molar-refractivity contribution in [2.24, 2.45) is 0 Å². The molecule has 35 heavy (non-hydrogen) atoms. The minimum absolute atomic E-state index is 0.0708. The van der Waals surface area contributed by atoms with Gasteiger partial charge in [0, 0.05) is 11.1 Å². The molecule has 1 aliphatic heterocycles. The first-order valence-corrected chi connectivity index (χ1v) is 11.6. The maximum Gasteiger partial charge on any atom is 0.295 e. The highest BCUT2D eigenvalue weighted by Gasteiger charge is 2.46. The number of likely N-dealkylation sites (tertiary alicyclic amines) is 1. The number of aryl methyl sites for hydroxylation is 1. The fraction of sp³-hybridized carbons (Fsp3) is 0.241. The van der Waals surface area contributed by atoms with Crippen molar-refractivity contribution < 1.29 is 24.2 Å². The highest BCUT2D eigenvalue weighted by Crippen LogP contribution is 2.42. The Hall–Kier alpha value is -4.06. The molecule has 1 fully saturated rings. The number of benzene rings is 3. The second-order valence-corrected chi connectivity index (χ2v) is 8.47. The van der Waals surface area contributed by atoms with Crippen molar-refractivity contribution in [3.63, 3.8) is 0 Å². The molecule has 1 unspecified atom stereocenters. The van der Waals surface area contributed by atoms with Crippen LogP contribution in [0.3, 0.4) is 0 Å². The Kier molecular flexibility index (Phi) is 7.20. The Morgan fingerprint density at radius 1 is 0.971 bits per heavy atom. The monoisotopic (exact) mass is 471 g/mol. The van der Waals surface area contributed by atoms with Gasteiger partial charge in [-0.1, -0.05) is 49.4 Å². The lowest BCUT2D eigenvalue weighted by atomic mass is 9.92. The minimum atomic E-state index is -0.739. The number of nitrogens with zero attached hydrogens (tertiary/aromatic N) is 1. The number of carbonyl (C=O) groups is 2. The fourth-order valence-electron chi connectivity index (χ4n) is 4.36. The average molecular weight is 472 g/mol. The second-order valence-electron chi connectivity index (χ2n) is 8.47. The summed E-state index contributed by atoms with van der Waals surface area (Å²) in [6, 6.07) is 21.1. The molecule has 0 spiro atoms. The van der Waals surface area contributed by atoms with Gasteiger partial charge >= 0.3 is 0 Å².